The standard InChI is InChI=1S/C27H24N6O/c1-2-20-7-4-8-22(31-20)26-25(18-10-11-21-23(16-18)30-14-13-29-21)32-24(33-26)12-9-17-5-3-6-19(15-17)27(28)34/h3-8,10-11,13-16H,2,9,12H2,1H3,(H2,28,34)(H,32,33). The Bertz CT molecular complexity index is 1490. The first-order chi connectivity index (χ1) is 16.6. The van der Waals surface area contributed by atoms with Crippen molar-refractivity contribution in [2.45, 2.75) is 26.2 Å². The largest absolute Gasteiger partial charge is 0.366 e. The molecule has 5 rings (SSSR count). The summed E-state index contributed by atoms with van der Waals surface area (Å²) in [6.45, 7) is 2.09. The fourth-order valence-corrected chi connectivity index (χ4v) is 4.00. The SMILES string of the molecule is CCc1cccc(-c2[nH]c(CCc3cccc(C(N)=O)c3)nc2-c2ccc3nccnc3c2)n1. The van der Waals surface area contributed by atoms with Gasteiger partial charge in [-0.2, -0.15) is 0 Å². The number of aromatic nitrogens is 5. The van der Waals surface area contributed by atoms with Gasteiger partial charge in [-0.3, -0.25) is 19.7 Å². The molecule has 0 saturated heterocycles. The molecule has 0 bridgehead atoms. The highest BCUT2D eigenvalue weighted by molar-refractivity contribution is 5.92. The summed E-state index contributed by atoms with van der Waals surface area (Å²) < 4.78 is 0. The Morgan fingerprint density at radius 1 is 0.912 bits per heavy atom. The molecule has 0 fully saturated rings. The third-order valence-corrected chi connectivity index (χ3v) is 5.78. The number of H-pyrrole nitrogens is 1. The molecule has 0 saturated carbocycles. The van der Waals surface area contributed by atoms with Crippen LogP contribution in [0.5, 0.6) is 0 Å². The fraction of sp³-hybridized carbons (Fsp3) is 0.148. The number of amides is 1. The molecule has 0 aliphatic carbocycles. The van der Waals surface area contributed by atoms with Crippen molar-refractivity contribution in [2.24, 2.45) is 5.73 Å². The summed E-state index contributed by atoms with van der Waals surface area (Å²) in [7, 11) is 0. The van der Waals surface area contributed by atoms with Gasteiger partial charge in [-0.15, -0.1) is 0 Å². The van der Waals surface area contributed by atoms with Gasteiger partial charge in [0.05, 0.1) is 28.1 Å². The zero-order chi connectivity index (χ0) is 23.5. The maximum Gasteiger partial charge on any atom is 0.248 e. The highest BCUT2D eigenvalue weighted by Crippen LogP contribution is 2.31. The number of fused-ring (bicyclic) bond motifs is 1. The van der Waals surface area contributed by atoms with Gasteiger partial charge >= 0.3 is 0 Å². The zero-order valence-corrected chi connectivity index (χ0v) is 18.8. The van der Waals surface area contributed by atoms with E-state index in [1.165, 1.54) is 0 Å². The third-order valence-electron chi connectivity index (χ3n) is 5.78. The number of nitrogens with zero attached hydrogens (tertiary/aromatic N) is 4. The second-order valence-electron chi connectivity index (χ2n) is 8.10. The third kappa shape index (κ3) is 4.41. The van der Waals surface area contributed by atoms with Crippen molar-refractivity contribution < 1.29 is 4.79 Å². The predicted molar refractivity (Wildman–Crippen MR) is 132 cm³/mol. The summed E-state index contributed by atoms with van der Waals surface area (Å²) in [5.74, 6) is 0.420. The summed E-state index contributed by atoms with van der Waals surface area (Å²) in [6, 6.07) is 19.4. The van der Waals surface area contributed by atoms with E-state index >= 15 is 0 Å². The molecule has 2 aromatic carbocycles. The van der Waals surface area contributed by atoms with E-state index in [4.69, 9.17) is 15.7 Å². The lowest BCUT2D eigenvalue weighted by atomic mass is 10.1. The minimum absolute atomic E-state index is 0.425. The van der Waals surface area contributed by atoms with Gasteiger partial charge in [0.1, 0.15) is 5.82 Å². The van der Waals surface area contributed by atoms with Crippen LogP contribution >= 0.6 is 0 Å². The first-order valence-electron chi connectivity index (χ1n) is 11.3. The van der Waals surface area contributed by atoms with Gasteiger partial charge < -0.3 is 10.7 Å². The highest BCUT2D eigenvalue weighted by Gasteiger charge is 2.16. The molecule has 0 aliphatic rings. The van der Waals surface area contributed by atoms with Crippen LogP contribution in [0.15, 0.2) is 73.1 Å². The average Bonchev–Trinajstić information content (AvgIpc) is 3.32. The molecule has 0 radical (unpaired) electrons. The number of primary amides is 1. The molecule has 3 N–H and O–H groups in total. The second-order valence-corrected chi connectivity index (χ2v) is 8.10. The van der Waals surface area contributed by atoms with Crippen LogP contribution in [0.3, 0.4) is 0 Å². The van der Waals surface area contributed by atoms with Gasteiger partial charge in [-0.25, -0.2) is 4.98 Å². The molecule has 0 atom stereocenters. The number of nitrogens with two attached hydrogens (primary N) is 1. The highest BCUT2D eigenvalue weighted by atomic mass is 16.1. The van der Waals surface area contributed by atoms with Crippen LogP contribution < -0.4 is 5.73 Å². The Morgan fingerprint density at radius 3 is 2.56 bits per heavy atom. The molecule has 7 nitrogen and oxygen atoms in total. The molecular weight excluding hydrogens is 424 g/mol. The van der Waals surface area contributed by atoms with Crippen LogP contribution in [0, 0.1) is 0 Å². The number of hydrogen-bond donors (Lipinski definition) is 2. The van der Waals surface area contributed by atoms with E-state index in [9.17, 15) is 4.79 Å². The van der Waals surface area contributed by atoms with Crippen LogP contribution in [0.4, 0.5) is 0 Å². The van der Waals surface area contributed by atoms with Gasteiger partial charge in [0, 0.05) is 35.6 Å². The van der Waals surface area contributed by atoms with E-state index in [0.717, 1.165) is 63.6 Å². The lowest BCUT2D eigenvalue weighted by Crippen LogP contribution is -2.11. The first kappa shape index (κ1) is 21.5. The van der Waals surface area contributed by atoms with Gasteiger partial charge in [0.15, 0.2) is 0 Å². The van der Waals surface area contributed by atoms with Gasteiger partial charge in [-0.1, -0.05) is 31.2 Å². The lowest BCUT2D eigenvalue weighted by molar-refractivity contribution is 0.1000. The molecule has 1 amide bonds. The Labute approximate surface area is 197 Å². The number of aryl methyl sites for hydroxylation is 3. The van der Waals surface area contributed by atoms with Crippen molar-refractivity contribution in [1.82, 2.24) is 24.9 Å². The summed E-state index contributed by atoms with van der Waals surface area (Å²) in [5.41, 5.74) is 13.1. The van der Waals surface area contributed by atoms with Crippen molar-refractivity contribution >= 4 is 16.9 Å². The van der Waals surface area contributed by atoms with E-state index in [1.807, 2.05) is 54.6 Å². The van der Waals surface area contributed by atoms with Crippen molar-refractivity contribution in [1.29, 1.82) is 0 Å². The summed E-state index contributed by atoms with van der Waals surface area (Å²) in [5, 5.41) is 0. The predicted octanol–water partition coefficient (Wildman–Crippen LogP) is 4.53. The quantitative estimate of drug-likeness (QED) is 0.380. The second kappa shape index (κ2) is 9.23. The number of hydrogen-bond acceptors (Lipinski definition) is 5. The van der Waals surface area contributed by atoms with E-state index in [0.29, 0.717) is 12.0 Å². The average molecular weight is 449 g/mol. The number of imidazole rings is 1. The molecule has 0 unspecified atom stereocenters. The van der Waals surface area contributed by atoms with E-state index < -0.39 is 5.91 Å². The normalized spacial score (nSPS) is 11.1. The summed E-state index contributed by atoms with van der Waals surface area (Å²) in [6.07, 6.45) is 5.63. The summed E-state index contributed by atoms with van der Waals surface area (Å²) in [4.78, 5) is 33.6. The molecule has 0 spiro atoms. The number of carbonyl (C=O) groups is 1. The number of nitrogens with one attached hydrogen (secondary N) is 1. The topological polar surface area (TPSA) is 110 Å². The monoisotopic (exact) mass is 448 g/mol. The van der Waals surface area contributed by atoms with Crippen LogP contribution in [0.2, 0.25) is 0 Å². The van der Waals surface area contributed by atoms with Crippen LogP contribution in [0.1, 0.15) is 34.4 Å². The van der Waals surface area contributed by atoms with Gasteiger partial charge in [-0.05, 0) is 54.8 Å². The Balaban J connectivity index is 1.53. The number of pyridine rings is 1. The van der Waals surface area contributed by atoms with Gasteiger partial charge in [0.2, 0.25) is 5.91 Å². The number of aromatic amines is 1. The lowest BCUT2D eigenvalue weighted by Gasteiger charge is -2.05. The maximum absolute atomic E-state index is 11.5. The molecule has 34 heavy (non-hydrogen) atoms. The summed E-state index contributed by atoms with van der Waals surface area (Å²) >= 11 is 0. The minimum atomic E-state index is -0.425. The maximum atomic E-state index is 11.5. The molecule has 5 aromatic rings. The van der Waals surface area contributed by atoms with Crippen molar-refractivity contribution in [2.75, 3.05) is 0 Å². The van der Waals surface area contributed by atoms with Crippen LogP contribution in [0.25, 0.3) is 33.7 Å². The van der Waals surface area contributed by atoms with E-state index in [2.05, 4.69) is 21.9 Å². The first-order valence-corrected chi connectivity index (χ1v) is 11.3. The van der Waals surface area contributed by atoms with Gasteiger partial charge in [0.25, 0.3) is 0 Å². The number of carbonyl (C=O) groups excluding carboxylic acids is 1. The Morgan fingerprint density at radius 2 is 1.74 bits per heavy atom. The molecule has 3 aromatic heterocycles. The molecule has 168 valence electrons. The molecule has 7 heteroatoms. The van der Waals surface area contributed by atoms with E-state index in [-0.39, 0.29) is 0 Å². The van der Waals surface area contributed by atoms with Crippen molar-refractivity contribution in [3.8, 4) is 22.6 Å². The van der Waals surface area contributed by atoms with Crippen molar-refractivity contribution in [3.63, 3.8) is 0 Å². The van der Waals surface area contributed by atoms with E-state index in [1.54, 1.807) is 18.5 Å². The van der Waals surface area contributed by atoms with Crippen molar-refractivity contribution in [3.05, 3.63) is 95.7 Å². The molecule has 3 heterocycles. The number of benzene rings is 2. The Hall–Kier alpha value is -4.39. The molecular formula is C27H24N6O. The molecule has 0 aliphatic heterocycles. The smallest absolute Gasteiger partial charge is 0.248 e. The van der Waals surface area contributed by atoms with Crippen LogP contribution in [-0.2, 0) is 19.3 Å². The van der Waals surface area contributed by atoms with Crippen LogP contribution in [-0.4, -0.2) is 30.8 Å². The minimum Gasteiger partial charge on any atom is -0.366 e. The zero-order valence-electron chi connectivity index (χ0n) is 18.8. The Kier molecular flexibility index (Phi) is 5.82. The number of rotatable bonds is 7. The fourth-order valence-electron chi connectivity index (χ4n) is 4.00.